The summed E-state index contributed by atoms with van der Waals surface area (Å²) >= 11 is 0. The lowest BCUT2D eigenvalue weighted by atomic mass is 10.2. The zero-order chi connectivity index (χ0) is 11.3. The van der Waals surface area contributed by atoms with Crippen molar-refractivity contribution in [2.24, 2.45) is 0 Å². The highest BCUT2D eigenvalue weighted by Gasteiger charge is 2.25. The second-order valence-electron chi connectivity index (χ2n) is 4.80. The van der Waals surface area contributed by atoms with E-state index < -0.39 is 0 Å². The Morgan fingerprint density at radius 1 is 1.40 bits per heavy atom. The zero-order valence-electron chi connectivity index (χ0n) is 10.4. The van der Waals surface area contributed by atoms with Gasteiger partial charge < -0.3 is 10.0 Å². The first-order chi connectivity index (χ1) is 7.19. The van der Waals surface area contributed by atoms with Crippen LogP contribution in [0.15, 0.2) is 0 Å². The summed E-state index contributed by atoms with van der Waals surface area (Å²) in [6.07, 6.45) is 3.70. The van der Waals surface area contributed by atoms with Gasteiger partial charge in [-0.1, -0.05) is 13.3 Å². The fraction of sp³-hybridized carbons (Fsp3) is 1.00. The van der Waals surface area contributed by atoms with E-state index in [0.29, 0.717) is 18.7 Å². The molecule has 0 aromatic carbocycles. The molecule has 0 saturated carbocycles. The van der Waals surface area contributed by atoms with E-state index in [4.69, 9.17) is 0 Å². The molecule has 0 aromatic rings. The number of rotatable bonds is 4. The molecule has 1 saturated heterocycles. The highest BCUT2D eigenvalue weighted by Crippen LogP contribution is 2.14. The van der Waals surface area contributed by atoms with Crippen molar-refractivity contribution in [1.29, 1.82) is 0 Å². The van der Waals surface area contributed by atoms with Gasteiger partial charge in [-0.15, -0.1) is 0 Å². The van der Waals surface area contributed by atoms with Crippen molar-refractivity contribution >= 4 is 0 Å². The number of unbranched alkanes of at least 4 members (excludes halogenated alkanes) is 1. The van der Waals surface area contributed by atoms with Crippen LogP contribution in [0.2, 0.25) is 0 Å². The molecule has 3 nitrogen and oxygen atoms in total. The average molecular weight is 214 g/mol. The van der Waals surface area contributed by atoms with Crippen LogP contribution in [0.25, 0.3) is 0 Å². The predicted molar refractivity (Wildman–Crippen MR) is 64.1 cm³/mol. The lowest BCUT2D eigenvalue weighted by Crippen LogP contribution is -2.43. The summed E-state index contributed by atoms with van der Waals surface area (Å²) in [5, 5.41) is 9.42. The Labute approximate surface area is 94.1 Å². The van der Waals surface area contributed by atoms with Crippen LogP contribution in [0.1, 0.15) is 33.1 Å². The van der Waals surface area contributed by atoms with Gasteiger partial charge in [0.25, 0.3) is 0 Å². The standard InChI is InChI=1S/C12H26N2O/c1-4-5-7-14-8-6-11(2)13(3)9-12(14)10-15/h11-12,15H,4-10H2,1-3H3. The van der Waals surface area contributed by atoms with Gasteiger partial charge in [0.1, 0.15) is 0 Å². The lowest BCUT2D eigenvalue weighted by molar-refractivity contribution is 0.113. The van der Waals surface area contributed by atoms with E-state index in [1.165, 1.54) is 19.3 Å². The second kappa shape index (κ2) is 6.46. The van der Waals surface area contributed by atoms with E-state index in [1.807, 2.05) is 0 Å². The topological polar surface area (TPSA) is 26.7 Å². The normalized spacial score (nSPS) is 30.4. The summed E-state index contributed by atoms with van der Waals surface area (Å²) in [6, 6.07) is 0.983. The van der Waals surface area contributed by atoms with Gasteiger partial charge in [0.05, 0.1) is 6.61 Å². The van der Waals surface area contributed by atoms with Gasteiger partial charge in [-0.2, -0.15) is 0 Å². The van der Waals surface area contributed by atoms with Crippen LogP contribution in [-0.2, 0) is 0 Å². The van der Waals surface area contributed by atoms with Crippen molar-refractivity contribution in [3.05, 3.63) is 0 Å². The van der Waals surface area contributed by atoms with Gasteiger partial charge in [-0.25, -0.2) is 0 Å². The summed E-state index contributed by atoms with van der Waals surface area (Å²) in [5.74, 6) is 0. The Morgan fingerprint density at radius 3 is 2.73 bits per heavy atom. The van der Waals surface area contributed by atoms with Gasteiger partial charge in [0, 0.05) is 25.2 Å². The van der Waals surface area contributed by atoms with Gasteiger partial charge in [0.2, 0.25) is 0 Å². The fourth-order valence-corrected chi connectivity index (χ4v) is 2.21. The zero-order valence-corrected chi connectivity index (χ0v) is 10.4. The fourth-order valence-electron chi connectivity index (χ4n) is 2.21. The Balaban J connectivity index is 2.52. The maximum Gasteiger partial charge on any atom is 0.0599 e. The molecule has 0 spiro atoms. The highest BCUT2D eigenvalue weighted by molar-refractivity contribution is 4.81. The third kappa shape index (κ3) is 3.74. The minimum absolute atomic E-state index is 0.292. The molecule has 0 amide bonds. The van der Waals surface area contributed by atoms with Crippen molar-refractivity contribution in [3.8, 4) is 0 Å². The molecular formula is C12H26N2O. The number of aliphatic hydroxyl groups excluding tert-OH is 1. The SMILES string of the molecule is CCCCN1CCC(C)N(C)CC1CO. The molecule has 2 atom stereocenters. The molecule has 0 radical (unpaired) electrons. The van der Waals surface area contributed by atoms with Gasteiger partial charge in [-0.3, -0.25) is 4.90 Å². The molecule has 0 aromatic heterocycles. The van der Waals surface area contributed by atoms with E-state index in [9.17, 15) is 5.11 Å². The molecule has 1 N–H and O–H groups in total. The van der Waals surface area contributed by atoms with E-state index >= 15 is 0 Å². The van der Waals surface area contributed by atoms with E-state index in [1.54, 1.807) is 0 Å². The van der Waals surface area contributed by atoms with Crippen LogP contribution in [-0.4, -0.2) is 60.3 Å². The lowest BCUT2D eigenvalue weighted by Gasteiger charge is -2.29. The number of hydrogen-bond donors (Lipinski definition) is 1. The number of aliphatic hydroxyl groups is 1. The first-order valence-electron chi connectivity index (χ1n) is 6.24. The van der Waals surface area contributed by atoms with Crippen molar-refractivity contribution in [2.75, 3.05) is 33.3 Å². The first-order valence-corrected chi connectivity index (χ1v) is 6.24. The Kier molecular flexibility index (Phi) is 5.58. The Bertz CT molecular complexity index is 175. The van der Waals surface area contributed by atoms with Crippen LogP contribution < -0.4 is 0 Å². The van der Waals surface area contributed by atoms with E-state index in [2.05, 4.69) is 30.7 Å². The van der Waals surface area contributed by atoms with Crippen LogP contribution in [0, 0.1) is 0 Å². The number of hydrogen-bond acceptors (Lipinski definition) is 3. The molecular weight excluding hydrogens is 188 g/mol. The predicted octanol–water partition coefficient (Wildman–Crippen LogP) is 1.17. The summed E-state index contributed by atoms with van der Waals surface area (Å²) in [6.45, 7) is 8.07. The summed E-state index contributed by atoms with van der Waals surface area (Å²) in [4.78, 5) is 4.83. The van der Waals surface area contributed by atoms with E-state index in [0.717, 1.165) is 19.6 Å². The maximum atomic E-state index is 9.42. The minimum Gasteiger partial charge on any atom is -0.395 e. The van der Waals surface area contributed by atoms with Crippen LogP contribution in [0.3, 0.4) is 0 Å². The first kappa shape index (κ1) is 12.9. The summed E-state index contributed by atoms with van der Waals surface area (Å²) in [7, 11) is 2.16. The summed E-state index contributed by atoms with van der Waals surface area (Å²) in [5.41, 5.74) is 0. The molecule has 0 aliphatic carbocycles. The molecule has 0 bridgehead atoms. The summed E-state index contributed by atoms with van der Waals surface area (Å²) < 4.78 is 0. The van der Waals surface area contributed by atoms with Gasteiger partial charge in [-0.05, 0) is 33.4 Å². The van der Waals surface area contributed by atoms with Crippen LogP contribution in [0.5, 0.6) is 0 Å². The Hall–Kier alpha value is -0.120. The highest BCUT2D eigenvalue weighted by atomic mass is 16.3. The molecule has 1 aliphatic heterocycles. The van der Waals surface area contributed by atoms with Crippen molar-refractivity contribution in [2.45, 2.75) is 45.2 Å². The molecule has 1 rings (SSSR count). The molecule has 15 heavy (non-hydrogen) atoms. The van der Waals surface area contributed by atoms with Crippen molar-refractivity contribution < 1.29 is 5.11 Å². The second-order valence-corrected chi connectivity index (χ2v) is 4.80. The molecule has 1 aliphatic rings. The molecule has 3 heteroatoms. The number of nitrogens with zero attached hydrogens (tertiary/aromatic N) is 2. The van der Waals surface area contributed by atoms with E-state index in [-0.39, 0.29) is 0 Å². The van der Waals surface area contributed by atoms with Crippen LogP contribution >= 0.6 is 0 Å². The molecule has 90 valence electrons. The smallest absolute Gasteiger partial charge is 0.0599 e. The molecule has 1 fully saturated rings. The molecule has 1 heterocycles. The third-order valence-electron chi connectivity index (χ3n) is 3.61. The quantitative estimate of drug-likeness (QED) is 0.761. The van der Waals surface area contributed by atoms with Crippen molar-refractivity contribution in [1.82, 2.24) is 9.80 Å². The molecule has 2 unspecified atom stereocenters. The third-order valence-corrected chi connectivity index (χ3v) is 3.61. The Morgan fingerprint density at radius 2 is 2.13 bits per heavy atom. The number of likely N-dealkylation sites (N-methyl/N-ethyl adjacent to an activating group) is 1. The van der Waals surface area contributed by atoms with Gasteiger partial charge in [0.15, 0.2) is 0 Å². The van der Waals surface area contributed by atoms with Crippen LogP contribution in [0.4, 0.5) is 0 Å². The average Bonchev–Trinajstić information content (AvgIpc) is 2.37. The maximum absolute atomic E-state index is 9.42. The largest absolute Gasteiger partial charge is 0.395 e. The van der Waals surface area contributed by atoms with Crippen molar-refractivity contribution in [3.63, 3.8) is 0 Å². The van der Waals surface area contributed by atoms with Gasteiger partial charge >= 0.3 is 0 Å². The minimum atomic E-state index is 0.292. The monoisotopic (exact) mass is 214 g/mol.